The van der Waals surface area contributed by atoms with E-state index in [1.807, 2.05) is 11.7 Å². The van der Waals surface area contributed by atoms with Gasteiger partial charge in [0.05, 0.1) is 24.6 Å². The smallest absolute Gasteiger partial charge is 0.243 e. The van der Waals surface area contributed by atoms with Crippen molar-refractivity contribution in [1.29, 1.82) is 0 Å². The number of nitrogens with zero attached hydrogens (tertiary/aromatic N) is 2. The Hall–Kier alpha value is -1.62. The SMILES string of the molecule is C=CC(=O)NCCOCc1cc(C2CC2)nn1C. The van der Waals surface area contributed by atoms with Crippen molar-refractivity contribution in [3.8, 4) is 0 Å². The molecular weight excluding hydrogens is 230 g/mol. The summed E-state index contributed by atoms with van der Waals surface area (Å²) in [6.45, 7) is 4.90. The van der Waals surface area contributed by atoms with Gasteiger partial charge < -0.3 is 10.1 Å². The van der Waals surface area contributed by atoms with Gasteiger partial charge in [0.2, 0.25) is 5.91 Å². The summed E-state index contributed by atoms with van der Waals surface area (Å²) in [6, 6.07) is 2.11. The molecule has 0 atom stereocenters. The third-order valence-electron chi connectivity index (χ3n) is 2.97. The van der Waals surface area contributed by atoms with Gasteiger partial charge in [0.25, 0.3) is 0 Å². The van der Waals surface area contributed by atoms with Crippen molar-refractivity contribution in [3.05, 3.63) is 30.1 Å². The number of hydrogen-bond acceptors (Lipinski definition) is 3. The zero-order valence-corrected chi connectivity index (χ0v) is 10.7. The second kappa shape index (κ2) is 5.82. The van der Waals surface area contributed by atoms with Crippen molar-refractivity contribution in [3.63, 3.8) is 0 Å². The number of carbonyl (C=O) groups is 1. The Balaban J connectivity index is 1.69. The second-order valence-corrected chi connectivity index (χ2v) is 4.51. The van der Waals surface area contributed by atoms with Gasteiger partial charge in [0, 0.05) is 19.5 Å². The summed E-state index contributed by atoms with van der Waals surface area (Å²) in [4.78, 5) is 10.9. The lowest BCUT2D eigenvalue weighted by Crippen LogP contribution is -2.25. The quantitative estimate of drug-likeness (QED) is 0.582. The van der Waals surface area contributed by atoms with E-state index in [-0.39, 0.29) is 5.91 Å². The Morgan fingerprint density at radius 3 is 3.17 bits per heavy atom. The fourth-order valence-electron chi connectivity index (χ4n) is 1.74. The van der Waals surface area contributed by atoms with Crippen LogP contribution in [0.25, 0.3) is 0 Å². The Kier molecular flexibility index (Phi) is 4.15. The first-order valence-corrected chi connectivity index (χ1v) is 6.21. The van der Waals surface area contributed by atoms with E-state index < -0.39 is 0 Å². The predicted octanol–water partition coefficient (Wildman–Crippen LogP) is 1.12. The Morgan fingerprint density at radius 2 is 2.50 bits per heavy atom. The average Bonchev–Trinajstić information content (AvgIpc) is 3.14. The van der Waals surface area contributed by atoms with Crippen LogP contribution >= 0.6 is 0 Å². The molecule has 5 nitrogen and oxygen atoms in total. The minimum atomic E-state index is -0.171. The first-order chi connectivity index (χ1) is 8.70. The standard InChI is InChI=1S/C13H19N3O2/c1-3-13(17)14-6-7-18-9-11-8-12(10-4-5-10)15-16(11)2/h3,8,10H,1,4-7,9H2,2H3,(H,14,17). The first kappa shape index (κ1) is 12.8. The van der Waals surface area contributed by atoms with Crippen LogP contribution in [0.3, 0.4) is 0 Å². The summed E-state index contributed by atoms with van der Waals surface area (Å²) < 4.78 is 7.37. The molecule has 0 aromatic carbocycles. The van der Waals surface area contributed by atoms with Crippen molar-refractivity contribution in [2.45, 2.75) is 25.4 Å². The number of ether oxygens (including phenoxy) is 1. The van der Waals surface area contributed by atoms with Gasteiger partial charge in [-0.25, -0.2) is 0 Å². The van der Waals surface area contributed by atoms with Crippen LogP contribution in [-0.2, 0) is 23.2 Å². The molecule has 1 aromatic rings. The monoisotopic (exact) mass is 249 g/mol. The molecule has 1 saturated carbocycles. The van der Waals surface area contributed by atoms with Crippen LogP contribution in [0.1, 0.15) is 30.1 Å². The van der Waals surface area contributed by atoms with Crippen LogP contribution in [0.2, 0.25) is 0 Å². The van der Waals surface area contributed by atoms with Gasteiger partial charge in [-0.15, -0.1) is 0 Å². The number of aryl methyl sites for hydroxylation is 1. The van der Waals surface area contributed by atoms with E-state index >= 15 is 0 Å². The van der Waals surface area contributed by atoms with Gasteiger partial charge in [-0.05, 0) is 25.0 Å². The fourth-order valence-corrected chi connectivity index (χ4v) is 1.74. The van der Waals surface area contributed by atoms with Crippen molar-refractivity contribution >= 4 is 5.91 Å². The lowest BCUT2D eigenvalue weighted by atomic mass is 10.3. The minimum Gasteiger partial charge on any atom is -0.373 e. The highest BCUT2D eigenvalue weighted by atomic mass is 16.5. The molecule has 0 spiro atoms. The molecule has 1 aliphatic carbocycles. The van der Waals surface area contributed by atoms with Crippen molar-refractivity contribution < 1.29 is 9.53 Å². The molecule has 0 aliphatic heterocycles. The number of nitrogens with one attached hydrogen (secondary N) is 1. The summed E-state index contributed by atoms with van der Waals surface area (Å²) in [5.74, 6) is 0.493. The number of rotatable bonds is 7. The Labute approximate surface area is 107 Å². The molecular formula is C13H19N3O2. The van der Waals surface area contributed by atoms with Crippen molar-refractivity contribution in [2.75, 3.05) is 13.2 Å². The third kappa shape index (κ3) is 3.43. The summed E-state index contributed by atoms with van der Waals surface area (Å²) in [6.07, 6.45) is 3.76. The number of carbonyl (C=O) groups excluding carboxylic acids is 1. The second-order valence-electron chi connectivity index (χ2n) is 4.51. The van der Waals surface area contributed by atoms with Gasteiger partial charge in [-0.3, -0.25) is 9.48 Å². The molecule has 0 bridgehead atoms. The van der Waals surface area contributed by atoms with Gasteiger partial charge in [0.1, 0.15) is 0 Å². The van der Waals surface area contributed by atoms with Crippen LogP contribution in [0, 0.1) is 0 Å². The summed E-state index contributed by atoms with van der Waals surface area (Å²) in [5.41, 5.74) is 2.25. The zero-order chi connectivity index (χ0) is 13.0. The van der Waals surface area contributed by atoms with Crippen molar-refractivity contribution in [2.24, 2.45) is 7.05 Å². The molecule has 18 heavy (non-hydrogen) atoms. The number of hydrogen-bond donors (Lipinski definition) is 1. The largest absolute Gasteiger partial charge is 0.373 e. The van der Waals surface area contributed by atoms with E-state index in [0.717, 1.165) is 5.69 Å². The van der Waals surface area contributed by atoms with E-state index in [0.29, 0.717) is 25.7 Å². The molecule has 0 radical (unpaired) electrons. The van der Waals surface area contributed by atoms with Gasteiger partial charge in [-0.2, -0.15) is 5.10 Å². The molecule has 1 fully saturated rings. The van der Waals surface area contributed by atoms with E-state index in [1.165, 1.54) is 24.6 Å². The van der Waals surface area contributed by atoms with Crippen LogP contribution in [0.4, 0.5) is 0 Å². The van der Waals surface area contributed by atoms with Crippen LogP contribution < -0.4 is 5.32 Å². The van der Waals surface area contributed by atoms with E-state index in [2.05, 4.69) is 23.1 Å². The van der Waals surface area contributed by atoms with E-state index in [9.17, 15) is 4.79 Å². The van der Waals surface area contributed by atoms with E-state index in [1.54, 1.807) is 0 Å². The highest BCUT2D eigenvalue weighted by Gasteiger charge is 2.26. The molecule has 0 saturated heterocycles. The number of amides is 1. The summed E-state index contributed by atoms with van der Waals surface area (Å²) in [5, 5.41) is 7.13. The van der Waals surface area contributed by atoms with Gasteiger partial charge in [0.15, 0.2) is 0 Å². The highest BCUT2D eigenvalue weighted by Crippen LogP contribution is 2.39. The maximum absolute atomic E-state index is 10.9. The van der Waals surface area contributed by atoms with Crippen LogP contribution in [0.15, 0.2) is 18.7 Å². The predicted molar refractivity (Wildman–Crippen MR) is 68.0 cm³/mol. The zero-order valence-electron chi connectivity index (χ0n) is 10.7. The molecule has 2 rings (SSSR count). The molecule has 1 heterocycles. The first-order valence-electron chi connectivity index (χ1n) is 6.21. The molecule has 1 aliphatic rings. The molecule has 1 amide bonds. The molecule has 0 unspecified atom stereocenters. The van der Waals surface area contributed by atoms with Crippen molar-refractivity contribution in [1.82, 2.24) is 15.1 Å². The molecule has 98 valence electrons. The maximum Gasteiger partial charge on any atom is 0.243 e. The van der Waals surface area contributed by atoms with Gasteiger partial charge >= 0.3 is 0 Å². The Bertz CT molecular complexity index is 435. The maximum atomic E-state index is 10.9. The number of aromatic nitrogens is 2. The highest BCUT2D eigenvalue weighted by molar-refractivity contribution is 5.86. The van der Waals surface area contributed by atoms with Gasteiger partial charge in [-0.1, -0.05) is 6.58 Å². The average molecular weight is 249 g/mol. The lowest BCUT2D eigenvalue weighted by molar-refractivity contribution is -0.116. The minimum absolute atomic E-state index is 0.171. The van der Waals surface area contributed by atoms with E-state index in [4.69, 9.17) is 4.74 Å². The molecule has 5 heteroatoms. The Morgan fingerprint density at radius 1 is 1.72 bits per heavy atom. The molecule has 1 N–H and O–H groups in total. The normalized spacial score (nSPS) is 14.5. The molecule has 1 aromatic heterocycles. The lowest BCUT2D eigenvalue weighted by Gasteiger charge is -2.04. The summed E-state index contributed by atoms with van der Waals surface area (Å²) in [7, 11) is 1.93. The van der Waals surface area contributed by atoms with Crippen LogP contribution in [-0.4, -0.2) is 28.8 Å². The fraction of sp³-hybridized carbons (Fsp3) is 0.538. The summed E-state index contributed by atoms with van der Waals surface area (Å²) >= 11 is 0. The topological polar surface area (TPSA) is 56.1 Å². The third-order valence-corrected chi connectivity index (χ3v) is 2.97. The van der Waals surface area contributed by atoms with Crippen LogP contribution in [0.5, 0.6) is 0 Å².